The molecule has 0 radical (unpaired) electrons. The Morgan fingerprint density at radius 1 is 0.871 bits per heavy atom. The first kappa shape index (κ1) is 20.3. The number of rotatable bonds is 7. The van der Waals surface area contributed by atoms with Crippen molar-refractivity contribution < 1.29 is 19.1 Å². The lowest BCUT2D eigenvalue weighted by Gasteiger charge is -2.22. The van der Waals surface area contributed by atoms with Gasteiger partial charge in [0.1, 0.15) is 11.8 Å². The molecule has 0 aliphatic carbocycles. The van der Waals surface area contributed by atoms with Crippen LogP contribution in [0.25, 0.3) is 0 Å². The molecule has 0 spiro atoms. The molecule has 1 aliphatic heterocycles. The van der Waals surface area contributed by atoms with E-state index in [1.807, 2.05) is 36.4 Å². The predicted molar refractivity (Wildman–Crippen MR) is 117 cm³/mol. The molecule has 0 aromatic heterocycles. The van der Waals surface area contributed by atoms with Gasteiger partial charge in [-0.3, -0.25) is 19.3 Å². The monoisotopic (exact) mass is 414 g/mol. The van der Waals surface area contributed by atoms with E-state index in [0.717, 1.165) is 16.9 Å². The minimum absolute atomic E-state index is 0.316. The summed E-state index contributed by atoms with van der Waals surface area (Å²) < 4.78 is 5.88. The molecule has 1 unspecified atom stereocenters. The lowest BCUT2D eigenvalue weighted by Crippen LogP contribution is -2.45. The Kier molecular flexibility index (Phi) is 5.80. The van der Waals surface area contributed by atoms with Crippen molar-refractivity contribution in [1.29, 1.82) is 0 Å². The highest BCUT2D eigenvalue weighted by Gasteiger charge is 2.40. The lowest BCUT2D eigenvalue weighted by molar-refractivity contribution is -0.119. The van der Waals surface area contributed by atoms with E-state index in [1.165, 1.54) is 6.92 Å². The van der Waals surface area contributed by atoms with Crippen LogP contribution in [0.5, 0.6) is 5.75 Å². The molecule has 1 N–H and O–H groups in total. The second kappa shape index (κ2) is 8.83. The Labute approximate surface area is 180 Å². The summed E-state index contributed by atoms with van der Waals surface area (Å²) in [6.07, 6.45) is 0.731. The number of para-hydroxylation sites is 2. The van der Waals surface area contributed by atoms with Gasteiger partial charge in [-0.2, -0.15) is 0 Å². The maximum absolute atomic E-state index is 12.9. The highest BCUT2D eigenvalue weighted by molar-refractivity contribution is 6.23. The quantitative estimate of drug-likeness (QED) is 0.595. The van der Waals surface area contributed by atoms with E-state index in [2.05, 4.69) is 5.32 Å². The molecule has 1 atom stereocenters. The van der Waals surface area contributed by atoms with Crippen LogP contribution in [0.15, 0.2) is 78.9 Å². The SMILES string of the molecule is CC(C(=O)Nc1ccccc1OCCc1ccccc1)N1C(=O)c2ccccc2C1=O. The molecule has 1 heterocycles. The number of benzene rings is 3. The summed E-state index contributed by atoms with van der Waals surface area (Å²) in [6.45, 7) is 1.99. The van der Waals surface area contributed by atoms with Gasteiger partial charge in [0, 0.05) is 6.42 Å². The summed E-state index contributed by atoms with van der Waals surface area (Å²) in [4.78, 5) is 39.2. The summed E-state index contributed by atoms with van der Waals surface area (Å²) in [6, 6.07) is 22.7. The standard InChI is InChI=1S/C25H22N2O4/c1-17(27-24(29)19-11-5-6-12-20(19)25(27)30)23(28)26-21-13-7-8-14-22(21)31-16-15-18-9-3-2-4-10-18/h2-14,17H,15-16H2,1H3,(H,26,28). The van der Waals surface area contributed by atoms with Crippen molar-refractivity contribution >= 4 is 23.4 Å². The number of anilines is 1. The van der Waals surface area contributed by atoms with Gasteiger partial charge >= 0.3 is 0 Å². The van der Waals surface area contributed by atoms with E-state index < -0.39 is 23.8 Å². The normalized spacial score (nSPS) is 13.6. The number of amides is 3. The summed E-state index contributed by atoms with van der Waals surface area (Å²) in [5.74, 6) is -0.860. The predicted octanol–water partition coefficient (Wildman–Crippen LogP) is 3.93. The van der Waals surface area contributed by atoms with E-state index in [4.69, 9.17) is 4.74 Å². The third-order valence-electron chi connectivity index (χ3n) is 5.23. The fourth-order valence-electron chi connectivity index (χ4n) is 3.53. The Balaban J connectivity index is 1.43. The molecule has 3 aromatic rings. The highest BCUT2D eigenvalue weighted by Crippen LogP contribution is 2.27. The number of nitrogens with one attached hydrogen (secondary N) is 1. The van der Waals surface area contributed by atoms with Crippen LogP contribution in [-0.2, 0) is 11.2 Å². The molecule has 4 rings (SSSR count). The fraction of sp³-hybridized carbons (Fsp3) is 0.160. The van der Waals surface area contributed by atoms with Crippen molar-refractivity contribution in [1.82, 2.24) is 4.90 Å². The molecule has 3 aromatic carbocycles. The largest absolute Gasteiger partial charge is 0.491 e. The molecule has 0 fully saturated rings. The Morgan fingerprint density at radius 3 is 2.13 bits per heavy atom. The molecule has 156 valence electrons. The third-order valence-corrected chi connectivity index (χ3v) is 5.23. The van der Waals surface area contributed by atoms with Gasteiger partial charge in [-0.05, 0) is 36.8 Å². The number of hydrogen-bond donors (Lipinski definition) is 1. The van der Waals surface area contributed by atoms with Gasteiger partial charge in [0.2, 0.25) is 5.91 Å². The summed E-state index contributed by atoms with van der Waals surface area (Å²) in [7, 11) is 0. The van der Waals surface area contributed by atoms with Crippen LogP contribution < -0.4 is 10.1 Å². The first-order valence-electron chi connectivity index (χ1n) is 10.1. The second-order valence-corrected chi connectivity index (χ2v) is 7.27. The maximum Gasteiger partial charge on any atom is 0.262 e. The third kappa shape index (κ3) is 4.19. The van der Waals surface area contributed by atoms with Crippen LogP contribution in [0.2, 0.25) is 0 Å². The zero-order valence-corrected chi connectivity index (χ0v) is 17.1. The molecule has 1 aliphatic rings. The molecular weight excluding hydrogens is 392 g/mol. The van der Waals surface area contributed by atoms with Crippen molar-refractivity contribution in [3.63, 3.8) is 0 Å². The van der Waals surface area contributed by atoms with Gasteiger partial charge in [0.25, 0.3) is 11.8 Å². The van der Waals surface area contributed by atoms with Gasteiger partial charge in [-0.15, -0.1) is 0 Å². The zero-order chi connectivity index (χ0) is 21.8. The summed E-state index contributed by atoms with van der Waals surface area (Å²) in [5.41, 5.74) is 2.28. The highest BCUT2D eigenvalue weighted by atomic mass is 16.5. The molecule has 0 saturated carbocycles. The number of imide groups is 1. The molecular formula is C25H22N2O4. The molecule has 0 bridgehead atoms. The number of carbonyl (C=O) groups excluding carboxylic acids is 3. The van der Waals surface area contributed by atoms with Gasteiger partial charge in [-0.25, -0.2) is 0 Å². The van der Waals surface area contributed by atoms with Crippen molar-refractivity contribution in [3.05, 3.63) is 95.6 Å². The van der Waals surface area contributed by atoms with Crippen LogP contribution in [0.3, 0.4) is 0 Å². The molecule has 0 saturated heterocycles. The van der Waals surface area contributed by atoms with Crippen LogP contribution in [0.4, 0.5) is 5.69 Å². The van der Waals surface area contributed by atoms with Crippen molar-refractivity contribution in [2.24, 2.45) is 0 Å². The van der Waals surface area contributed by atoms with E-state index in [9.17, 15) is 14.4 Å². The average Bonchev–Trinajstić information content (AvgIpc) is 3.05. The van der Waals surface area contributed by atoms with E-state index >= 15 is 0 Å². The van der Waals surface area contributed by atoms with Crippen molar-refractivity contribution in [2.75, 3.05) is 11.9 Å². The zero-order valence-electron chi connectivity index (χ0n) is 17.1. The first-order chi connectivity index (χ1) is 15.1. The Morgan fingerprint density at radius 2 is 1.45 bits per heavy atom. The molecule has 31 heavy (non-hydrogen) atoms. The maximum atomic E-state index is 12.9. The second-order valence-electron chi connectivity index (χ2n) is 7.27. The number of nitrogens with zero attached hydrogens (tertiary/aromatic N) is 1. The van der Waals surface area contributed by atoms with Gasteiger partial charge in [0.15, 0.2) is 0 Å². The smallest absolute Gasteiger partial charge is 0.262 e. The van der Waals surface area contributed by atoms with Crippen molar-refractivity contribution in [3.8, 4) is 5.75 Å². The van der Waals surface area contributed by atoms with Crippen LogP contribution in [0.1, 0.15) is 33.2 Å². The van der Waals surface area contributed by atoms with Gasteiger partial charge in [-0.1, -0.05) is 54.6 Å². The van der Waals surface area contributed by atoms with E-state index in [0.29, 0.717) is 29.2 Å². The van der Waals surface area contributed by atoms with Gasteiger partial charge < -0.3 is 10.1 Å². The lowest BCUT2D eigenvalue weighted by atomic mass is 10.1. The number of hydrogen-bond acceptors (Lipinski definition) is 4. The number of carbonyl (C=O) groups is 3. The van der Waals surface area contributed by atoms with E-state index in [-0.39, 0.29) is 0 Å². The average molecular weight is 414 g/mol. The van der Waals surface area contributed by atoms with Crippen LogP contribution in [0, 0.1) is 0 Å². The summed E-state index contributed by atoms with van der Waals surface area (Å²) in [5, 5.41) is 2.79. The topological polar surface area (TPSA) is 75.7 Å². The van der Waals surface area contributed by atoms with Gasteiger partial charge in [0.05, 0.1) is 23.4 Å². The Hall–Kier alpha value is -3.93. The molecule has 6 heteroatoms. The first-order valence-corrected chi connectivity index (χ1v) is 10.1. The van der Waals surface area contributed by atoms with Crippen LogP contribution >= 0.6 is 0 Å². The number of fused-ring (bicyclic) bond motifs is 1. The Bertz CT molecular complexity index is 1090. The fourth-order valence-corrected chi connectivity index (χ4v) is 3.53. The minimum Gasteiger partial charge on any atom is -0.491 e. The molecule has 6 nitrogen and oxygen atoms in total. The number of ether oxygens (including phenoxy) is 1. The van der Waals surface area contributed by atoms with E-state index in [1.54, 1.807) is 42.5 Å². The summed E-state index contributed by atoms with van der Waals surface area (Å²) >= 11 is 0. The van der Waals surface area contributed by atoms with Crippen molar-refractivity contribution in [2.45, 2.75) is 19.4 Å². The minimum atomic E-state index is -0.968. The molecule has 3 amide bonds. The van der Waals surface area contributed by atoms with Crippen LogP contribution in [-0.4, -0.2) is 35.3 Å².